The standard InChI is InChI=1S/C5H7N.Li.H/c6-4-3-5-1-2-5;;/h5H,1-3H2;;. The van der Waals surface area contributed by atoms with Gasteiger partial charge in [-0.15, -0.1) is 0 Å². The molecule has 1 nitrogen and oxygen atoms in total. The molecule has 2 heteroatoms. The quantitative estimate of drug-likeness (QED) is 0.433. The van der Waals surface area contributed by atoms with Gasteiger partial charge in [0.05, 0.1) is 6.07 Å². The van der Waals surface area contributed by atoms with Crippen LogP contribution in [0.2, 0.25) is 0 Å². The van der Waals surface area contributed by atoms with Gasteiger partial charge in [0.25, 0.3) is 0 Å². The normalized spacial score (nSPS) is 17.0. The van der Waals surface area contributed by atoms with Crippen LogP contribution in [-0.4, -0.2) is 18.9 Å². The molecule has 0 saturated heterocycles. The van der Waals surface area contributed by atoms with E-state index in [1.54, 1.807) is 0 Å². The fraction of sp³-hybridized carbons (Fsp3) is 0.800. The maximum atomic E-state index is 8.03. The van der Waals surface area contributed by atoms with E-state index in [0.717, 1.165) is 12.3 Å². The monoisotopic (exact) mass is 89.1 g/mol. The molecule has 0 aromatic heterocycles. The van der Waals surface area contributed by atoms with Crippen LogP contribution in [0.15, 0.2) is 0 Å². The number of rotatable bonds is 1. The minimum atomic E-state index is 0. The number of hydrogen-bond acceptors (Lipinski definition) is 1. The van der Waals surface area contributed by atoms with Crippen molar-refractivity contribution in [3.63, 3.8) is 0 Å². The zero-order valence-corrected chi connectivity index (χ0v) is 3.65. The van der Waals surface area contributed by atoms with Crippen LogP contribution in [0.25, 0.3) is 0 Å². The van der Waals surface area contributed by atoms with Gasteiger partial charge in [0, 0.05) is 6.42 Å². The van der Waals surface area contributed by atoms with E-state index in [0.29, 0.717) is 0 Å². The molecule has 0 bridgehead atoms. The molecule has 0 spiro atoms. The summed E-state index contributed by atoms with van der Waals surface area (Å²) in [4.78, 5) is 0. The van der Waals surface area contributed by atoms with Crippen LogP contribution in [-0.2, 0) is 0 Å². The Hall–Kier alpha value is 0.0874. The molecule has 1 fully saturated rings. The topological polar surface area (TPSA) is 23.8 Å². The molecule has 0 N–H and O–H groups in total. The number of nitriles is 1. The predicted molar refractivity (Wildman–Crippen MR) is 30.1 cm³/mol. The molecule has 0 amide bonds. The first-order chi connectivity index (χ1) is 2.93. The molecule has 0 aromatic rings. The van der Waals surface area contributed by atoms with E-state index in [-0.39, 0.29) is 18.9 Å². The minimum absolute atomic E-state index is 0. The second-order valence-electron chi connectivity index (χ2n) is 1.81. The summed E-state index contributed by atoms with van der Waals surface area (Å²) < 4.78 is 0. The van der Waals surface area contributed by atoms with Crippen molar-refractivity contribution in [3.05, 3.63) is 0 Å². The van der Waals surface area contributed by atoms with Gasteiger partial charge in [0.2, 0.25) is 0 Å². The first-order valence-corrected chi connectivity index (χ1v) is 2.30. The second kappa shape index (κ2) is 3.14. The van der Waals surface area contributed by atoms with E-state index in [2.05, 4.69) is 6.07 Å². The summed E-state index contributed by atoms with van der Waals surface area (Å²) in [6, 6.07) is 2.13. The van der Waals surface area contributed by atoms with Gasteiger partial charge >= 0.3 is 18.9 Å². The Morgan fingerprint density at radius 1 is 1.57 bits per heavy atom. The molecular formula is C5H8LiN. The summed E-state index contributed by atoms with van der Waals surface area (Å²) in [5, 5.41) is 8.03. The van der Waals surface area contributed by atoms with Crippen molar-refractivity contribution in [3.8, 4) is 6.07 Å². The van der Waals surface area contributed by atoms with Crippen molar-refractivity contribution in [1.82, 2.24) is 0 Å². The van der Waals surface area contributed by atoms with E-state index >= 15 is 0 Å². The van der Waals surface area contributed by atoms with Gasteiger partial charge in [-0.25, -0.2) is 0 Å². The average molecular weight is 89.1 g/mol. The Labute approximate surface area is 55.9 Å². The molecule has 1 aliphatic rings. The van der Waals surface area contributed by atoms with Gasteiger partial charge in [-0.3, -0.25) is 0 Å². The SMILES string of the molecule is N#CCC1CC1.[LiH]. The summed E-state index contributed by atoms with van der Waals surface area (Å²) in [7, 11) is 0. The average Bonchev–Trinajstić information content (AvgIpc) is 2.21. The Bertz CT molecular complexity index is 80.6. The third kappa shape index (κ3) is 2.74. The zero-order valence-electron chi connectivity index (χ0n) is 3.65. The Kier molecular flexibility index (Phi) is 3.18. The van der Waals surface area contributed by atoms with E-state index in [4.69, 9.17) is 5.26 Å². The van der Waals surface area contributed by atoms with E-state index in [9.17, 15) is 0 Å². The summed E-state index contributed by atoms with van der Waals surface area (Å²) >= 11 is 0. The molecule has 0 atom stereocenters. The van der Waals surface area contributed by atoms with Crippen LogP contribution in [0.5, 0.6) is 0 Å². The Morgan fingerprint density at radius 3 is 2.29 bits per heavy atom. The molecule has 7 heavy (non-hydrogen) atoms. The Morgan fingerprint density at radius 2 is 2.14 bits per heavy atom. The van der Waals surface area contributed by atoms with Gasteiger partial charge in [-0.05, 0) is 18.8 Å². The van der Waals surface area contributed by atoms with Crippen LogP contribution < -0.4 is 0 Å². The fourth-order valence-electron chi connectivity index (χ4n) is 0.451. The molecular weight excluding hydrogens is 81.0 g/mol. The van der Waals surface area contributed by atoms with Crippen molar-refractivity contribution >= 4 is 18.9 Å². The van der Waals surface area contributed by atoms with Crippen molar-refractivity contribution in [1.29, 1.82) is 5.26 Å². The van der Waals surface area contributed by atoms with Crippen molar-refractivity contribution in [2.24, 2.45) is 5.92 Å². The molecule has 1 saturated carbocycles. The first-order valence-electron chi connectivity index (χ1n) is 2.30. The van der Waals surface area contributed by atoms with E-state index in [1.807, 2.05) is 0 Å². The molecule has 0 radical (unpaired) electrons. The molecule has 1 rings (SSSR count). The van der Waals surface area contributed by atoms with E-state index < -0.39 is 0 Å². The summed E-state index contributed by atoms with van der Waals surface area (Å²) in [6.45, 7) is 0. The summed E-state index contributed by atoms with van der Waals surface area (Å²) in [5.74, 6) is 0.787. The van der Waals surface area contributed by atoms with Gasteiger partial charge in [0.1, 0.15) is 0 Å². The zero-order chi connectivity index (χ0) is 4.41. The molecule has 0 aromatic carbocycles. The van der Waals surface area contributed by atoms with Crippen LogP contribution in [0.3, 0.4) is 0 Å². The van der Waals surface area contributed by atoms with Crippen LogP contribution in [0.4, 0.5) is 0 Å². The van der Waals surface area contributed by atoms with Crippen LogP contribution >= 0.6 is 0 Å². The molecule has 0 unspecified atom stereocenters. The third-order valence-electron chi connectivity index (χ3n) is 1.08. The van der Waals surface area contributed by atoms with Crippen molar-refractivity contribution < 1.29 is 0 Å². The van der Waals surface area contributed by atoms with Gasteiger partial charge < -0.3 is 0 Å². The van der Waals surface area contributed by atoms with Crippen LogP contribution in [0, 0.1) is 17.2 Å². The maximum absolute atomic E-state index is 8.03. The predicted octanol–water partition coefficient (Wildman–Crippen LogP) is 0.662. The second-order valence-corrected chi connectivity index (χ2v) is 1.81. The first kappa shape index (κ1) is 7.09. The third-order valence-corrected chi connectivity index (χ3v) is 1.08. The van der Waals surface area contributed by atoms with Gasteiger partial charge in [-0.1, -0.05) is 0 Å². The summed E-state index contributed by atoms with van der Waals surface area (Å²) in [6.07, 6.45) is 3.39. The van der Waals surface area contributed by atoms with Crippen molar-refractivity contribution in [2.75, 3.05) is 0 Å². The number of nitrogens with zero attached hydrogens (tertiary/aromatic N) is 1. The Balaban J connectivity index is 0.000000360. The van der Waals surface area contributed by atoms with E-state index in [1.165, 1.54) is 12.8 Å². The molecule has 0 aliphatic heterocycles. The van der Waals surface area contributed by atoms with Crippen molar-refractivity contribution in [2.45, 2.75) is 19.3 Å². The van der Waals surface area contributed by atoms with Gasteiger partial charge in [-0.2, -0.15) is 5.26 Å². The van der Waals surface area contributed by atoms with Crippen LogP contribution in [0.1, 0.15) is 19.3 Å². The summed E-state index contributed by atoms with van der Waals surface area (Å²) in [5.41, 5.74) is 0. The molecule has 1 aliphatic carbocycles. The van der Waals surface area contributed by atoms with Gasteiger partial charge in [0.15, 0.2) is 0 Å². The fourth-order valence-corrected chi connectivity index (χ4v) is 0.451. The number of hydrogen-bond donors (Lipinski definition) is 0. The molecule has 34 valence electrons. The molecule has 0 heterocycles.